The highest BCUT2D eigenvalue weighted by Crippen LogP contribution is 2.58. The van der Waals surface area contributed by atoms with E-state index in [-0.39, 0.29) is 31.6 Å². The standard InChI is InChI=1S/C35H40N2O6/c1-4-34-16-9-6-10-19-42-33(41)29(34)28-31(39)37(26(22-38)21-25-12-7-5-8-13-25)30-32(40)36(18-11-17-35(28,30)43-34)27-20-23(2)14-15-24(27)3/h5,7-9,11-17,20,26,28-30,38H,4,6,10,18-19,21-22H2,1-3H3/b16-9-/t26-,28+,29+,30?,34-,35+/m1/s1. The van der Waals surface area contributed by atoms with Crippen molar-refractivity contribution < 1.29 is 29.0 Å². The third-order valence-corrected chi connectivity index (χ3v) is 9.64. The van der Waals surface area contributed by atoms with Gasteiger partial charge >= 0.3 is 5.97 Å². The van der Waals surface area contributed by atoms with Crippen molar-refractivity contribution in [3.8, 4) is 0 Å². The number of aryl methyl sites for hydroxylation is 2. The Hall–Kier alpha value is -3.75. The summed E-state index contributed by atoms with van der Waals surface area (Å²) in [5.74, 6) is -3.07. The van der Waals surface area contributed by atoms with Crippen LogP contribution >= 0.6 is 0 Å². The number of hydrogen-bond donors (Lipinski definition) is 1. The molecule has 2 aromatic rings. The lowest BCUT2D eigenvalue weighted by molar-refractivity contribution is -0.161. The Bertz CT molecular complexity index is 1470. The minimum Gasteiger partial charge on any atom is -0.465 e. The molecule has 4 aliphatic rings. The number of allylic oxidation sites excluding steroid dienone is 1. The monoisotopic (exact) mass is 584 g/mol. The molecule has 0 aliphatic carbocycles. The van der Waals surface area contributed by atoms with E-state index < -0.39 is 41.1 Å². The van der Waals surface area contributed by atoms with Crippen molar-refractivity contribution in [3.63, 3.8) is 0 Å². The van der Waals surface area contributed by atoms with Crippen LogP contribution in [-0.4, -0.2) is 70.8 Å². The van der Waals surface area contributed by atoms with Crippen LogP contribution in [-0.2, 0) is 30.3 Å². The number of carbonyl (C=O) groups excluding carboxylic acids is 3. The molecule has 1 unspecified atom stereocenters. The fourth-order valence-electron chi connectivity index (χ4n) is 7.57. The summed E-state index contributed by atoms with van der Waals surface area (Å²) < 4.78 is 12.8. The fourth-order valence-corrected chi connectivity index (χ4v) is 7.57. The summed E-state index contributed by atoms with van der Waals surface area (Å²) in [4.78, 5) is 46.8. The second-order valence-electron chi connectivity index (χ2n) is 12.2. The van der Waals surface area contributed by atoms with Gasteiger partial charge in [-0.3, -0.25) is 14.4 Å². The zero-order chi connectivity index (χ0) is 30.4. The molecule has 0 radical (unpaired) electrons. The van der Waals surface area contributed by atoms with Crippen LogP contribution in [0.2, 0.25) is 0 Å². The van der Waals surface area contributed by atoms with Crippen molar-refractivity contribution in [1.82, 2.24) is 4.90 Å². The van der Waals surface area contributed by atoms with Crippen LogP contribution < -0.4 is 4.90 Å². The zero-order valence-corrected chi connectivity index (χ0v) is 25.1. The van der Waals surface area contributed by atoms with Gasteiger partial charge in [-0.05, 0) is 62.3 Å². The average molecular weight is 585 g/mol. The van der Waals surface area contributed by atoms with Gasteiger partial charge in [-0.1, -0.05) is 73.7 Å². The maximum atomic E-state index is 14.9. The number of likely N-dealkylation sites (tertiary alicyclic amines) is 1. The van der Waals surface area contributed by atoms with Gasteiger partial charge in [0.1, 0.15) is 23.2 Å². The van der Waals surface area contributed by atoms with Crippen LogP contribution in [0.4, 0.5) is 5.69 Å². The van der Waals surface area contributed by atoms with Crippen LogP contribution in [0.1, 0.15) is 42.9 Å². The molecule has 6 atom stereocenters. The lowest BCUT2D eigenvalue weighted by Gasteiger charge is -2.41. The topological polar surface area (TPSA) is 96.4 Å². The molecule has 2 saturated heterocycles. The number of fused-ring (bicyclic) bond motifs is 2. The normalized spacial score (nSPS) is 31.7. The summed E-state index contributed by atoms with van der Waals surface area (Å²) >= 11 is 0. The van der Waals surface area contributed by atoms with E-state index in [1.54, 1.807) is 4.90 Å². The first kappa shape index (κ1) is 29.3. The molecule has 0 bridgehead atoms. The van der Waals surface area contributed by atoms with E-state index in [1.165, 1.54) is 4.90 Å². The van der Waals surface area contributed by atoms with Gasteiger partial charge in [0.25, 0.3) is 5.91 Å². The van der Waals surface area contributed by atoms with E-state index in [0.717, 1.165) is 22.4 Å². The summed E-state index contributed by atoms with van der Waals surface area (Å²) in [7, 11) is 0. The Labute approximate surface area is 253 Å². The van der Waals surface area contributed by atoms with E-state index in [2.05, 4.69) is 0 Å². The molecule has 8 heteroatoms. The molecule has 4 heterocycles. The van der Waals surface area contributed by atoms with Crippen molar-refractivity contribution in [2.24, 2.45) is 11.8 Å². The van der Waals surface area contributed by atoms with Crippen molar-refractivity contribution in [1.29, 1.82) is 0 Å². The predicted octanol–water partition coefficient (Wildman–Crippen LogP) is 4.06. The number of cyclic esters (lactones) is 1. The molecule has 2 fully saturated rings. The highest BCUT2D eigenvalue weighted by atomic mass is 16.6. The minimum atomic E-state index is -1.42. The highest BCUT2D eigenvalue weighted by Gasteiger charge is 2.76. The summed E-state index contributed by atoms with van der Waals surface area (Å²) in [6.45, 7) is 6.06. The van der Waals surface area contributed by atoms with Crippen LogP contribution in [0.3, 0.4) is 0 Å². The van der Waals surface area contributed by atoms with Crippen molar-refractivity contribution >= 4 is 23.5 Å². The summed E-state index contributed by atoms with van der Waals surface area (Å²) in [5.41, 5.74) is 1.09. The van der Waals surface area contributed by atoms with Crippen molar-refractivity contribution in [3.05, 3.63) is 89.5 Å². The second-order valence-corrected chi connectivity index (χ2v) is 12.2. The SMILES string of the molecule is CC[C@@]12/C=C\CCCOC(=O)[C@@H]1[C@H]1C(=O)N([C@@H](CO)Cc3ccccc3)C3C(=O)N(c4cc(C)ccc4C)CC=C[C@@]31O2. The van der Waals surface area contributed by atoms with Gasteiger partial charge in [0.05, 0.1) is 25.2 Å². The number of benzene rings is 2. The lowest BCUT2D eigenvalue weighted by atomic mass is 9.73. The molecule has 0 saturated carbocycles. The molecule has 1 N–H and O–H groups in total. The van der Waals surface area contributed by atoms with Crippen LogP contribution in [0.15, 0.2) is 72.8 Å². The maximum Gasteiger partial charge on any atom is 0.313 e. The Kier molecular flexibility index (Phi) is 7.77. The number of rotatable bonds is 6. The molecule has 0 aromatic heterocycles. The van der Waals surface area contributed by atoms with Gasteiger partial charge in [0, 0.05) is 12.2 Å². The number of aliphatic hydroxyl groups is 1. The first-order valence-corrected chi connectivity index (χ1v) is 15.3. The smallest absolute Gasteiger partial charge is 0.313 e. The molecule has 8 nitrogen and oxygen atoms in total. The van der Waals surface area contributed by atoms with E-state index >= 15 is 0 Å². The van der Waals surface area contributed by atoms with Gasteiger partial charge in [-0.15, -0.1) is 0 Å². The number of hydrogen-bond acceptors (Lipinski definition) is 6. The average Bonchev–Trinajstić information content (AvgIpc) is 3.39. The van der Waals surface area contributed by atoms with E-state index in [1.807, 2.05) is 93.6 Å². The van der Waals surface area contributed by atoms with Crippen LogP contribution in [0, 0.1) is 25.7 Å². The number of amides is 2. The Morgan fingerprint density at radius 1 is 1.00 bits per heavy atom. The first-order valence-electron chi connectivity index (χ1n) is 15.3. The van der Waals surface area contributed by atoms with E-state index in [4.69, 9.17) is 9.47 Å². The molecule has 1 spiro atoms. The summed E-state index contributed by atoms with van der Waals surface area (Å²) in [5, 5.41) is 10.8. The van der Waals surface area contributed by atoms with Crippen molar-refractivity contribution in [2.75, 3.05) is 24.7 Å². The Morgan fingerprint density at radius 3 is 2.53 bits per heavy atom. The quantitative estimate of drug-likeness (QED) is 0.407. The molecule has 6 rings (SSSR count). The lowest BCUT2D eigenvalue weighted by Crippen LogP contribution is -2.59. The van der Waals surface area contributed by atoms with Crippen molar-refractivity contribution in [2.45, 2.75) is 69.7 Å². The molecule has 2 aromatic carbocycles. The van der Waals surface area contributed by atoms with Gasteiger partial charge < -0.3 is 24.4 Å². The second kappa shape index (κ2) is 11.4. The predicted molar refractivity (Wildman–Crippen MR) is 162 cm³/mol. The van der Waals surface area contributed by atoms with Crippen LogP contribution in [0.25, 0.3) is 0 Å². The number of carbonyl (C=O) groups is 3. The minimum absolute atomic E-state index is 0.253. The maximum absolute atomic E-state index is 14.9. The molecule has 4 aliphatic heterocycles. The third kappa shape index (κ3) is 4.71. The first-order chi connectivity index (χ1) is 20.8. The third-order valence-electron chi connectivity index (χ3n) is 9.64. The van der Waals surface area contributed by atoms with Crippen LogP contribution in [0.5, 0.6) is 0 Å². The van der Waals surface area contributed by atoms with E-state index in [0.29, 0.717) is 25.7 Å². The zero-order valence-electron chi connectivity index (χ0n) is 25.1. The largest absolute Gasteiger partial charge is 0.465 e. The molecule has 2 amide bonds. The molecule has 43 heavy (non-hydrogen) atoms. The summed E-state index contributed by atoms with van der Waals surface area (Å²) in [6.07, 6.45) is 9.82. The number of anilines is 1. The number of aliphatic hydroxyl groups excluding tert-OH is 1. The number of esters is 1. The van der Waals surface area contributed by atoms with Gasteiger partial charge in [-0.2, -0.15) is 0 Å². The molecular weight excluding hydrogens is 544 g/mol. The number of nitrogens with zero attached hydrogens (tertiary/aromatic N) is 2. The molecular formula is C35H40N2O6. The number of ether oxygens (including phenoxy) is 2. The highest BCUT2D eigenvalue weighted by molar-refractivity contribution is 6.06. The molecule has 226 valence electrons. The summed E-state index contributed by atoms with van der Waals surface area (Å²) in [6, 6.07) is 13.8. The van der Waals surface area contributed by atoms with Gasteiger partial charge in [0.2, 0.25) is 5.91 Å². The Morgan fingerprint density at radius 2 is 1.79 bits per heavy atom. The van der Waals surface area contributed by atoms with Gasteiger partial charge in [0.15, 0.2) is 0 Å². The van der Waals surface area contributed by atoms with Gasteiger partial charge in [-0.25, -0.2) is 0 Å². The van der Waals surface area contributed by atoms with E-state index in [9.17, 15) is 19.5 Å². The fraction of sp³-hybridized carbons (Fsp3) is 0.457. The Balaban J connectivity index is 1.53.